The van der Waals surface area contributed by atoms with Gasteiger partial charge in [-0.2, -0.15) is 0 Å². The quantitative estimate of drug-likeness (QED) is 0.728. The predicted octanol–water partition coefficient (Wildman–Crippen LogP) is 4.91. The molecule has 24 heavy (non-hydrogen) atoms. The molecular weight excluding hydrogens is 323 g/mol. The zero-order valence-electron chi connectivity index (χ0n) is 14.2. The number of hydrogen-bond acceptors (Lipinski definition) is 2. The Morgan fingerprint density at radius 1 is 1.17 bits per heavy atom. The van der Waals surface area contributed by atoms with Crippen LogP contribution in [0.5, 0.6) is 5.75 Å². The molecule has 0 aromatic heterocycles. The van der Waals surface area contributed by atoms with Gasteiger partial charge >= 0.3 is 0 Å². The van der Waals surface area contributed by atoms with Crippen molar-refractivity contribution in [3.63, 3.8) is 0 Å². The molecule has 128 valence electrons. The summed E-state index contributed by atoms with van der Waals surface area (Å²) < 4.78 is 18.5. The van der Waals surface area contributed by atoms with Gasteiger partial charge in [0.2, 0.25) is 0 Å². The van der Waals surface area contributed by atoms with Crippen LogP contribution in [0, 0.1) is 11.7 Å². The fourth-order valence-electron chi connectivity index (χ4n) is 2.48. The highest BCUT2D eigenvalue weighted by atomic mass is 32.1. The van der Waals surface area contributed by atoms with Crippen molar-refractivity contribution in [3.8, 4) is 5.75 Å². The molecule has 2 N–H and O–H groups in total. The van der Waals surface area contributed by atoms with E-state index in [9.17, 15) is 4.39 Å². The third-order valence-corrected chi connectivity index (χ3v) is 3.83. The Balaban J connectivity index is 2.08. The van der Waals surface area contributed by atoms with Crippen LogP contribution in [0.25, 0.3) is 0 Å². The predicted molar refractivity (Wildman–Crippen MR) is 101 cm³/mol. The van der Waals surface area contributed by atoms with E-state index in [4.69, 9.17) is 17.0 Å². The number of hydrogen-bond donors (Lipinski definition) is 2. The van der Waals surface area contributed by atoms with Crippen LogP contribution in [0.4, 0.5) is 10.1 Å². The van der Waals surface area contributed by atoms with E-state index in [0.29, 0.717) is 16.7 Å². The fraction of sp³-hybridized carbons (Fsp3) is 0.316. The van der Waals surface area contributed by atoms with Crippen LogP contribution in [0.2, 0.25) is 0 Å². The van der Waals surface area contributed by atoms with Crippen LogP contribution in [-0.2, 0) is 0 Å². The van der Waals surface area contributed by atoms with Crippen LogP contribution in [0.15, 0.2) is 48.5 Å². The lowest BCUT2D eigenvalue weighted by molar-refractivity contribution is 0.414. The Labute approximate surface area is 148 Å². The lowest BCUT2D eigenvalue weighted by Crippen LogP contribution is -2.33. The van der Waals surface area contributed by atoms with E-state index in [-0.39, 0.29) is 11.9 Å². The third-order valence-electron chi connectivity index (χ3n) is 3.61. The number of anilines is 1. The van der Waals surface area contributed by atoms with Gasteiger partial charge in [0, 0.05) is 5.69 Å². The third kappa shape index (κ3) is 5.49. The second-order valence-electron chi connectivity index (χ2n) is 6.06. The Kier molecular flexibility index (Phi) is 6.55. The number of thiocarbonyl (C=S) groups is 1. The van der Waals surface area contributed by atoms with E-state index >= 15 is 0 Å². The summed E-state index contributed by atoms with van der Waals surface area (Å²) >= 11 is 5.39. The van der Waals surface area contributed by atoms with E-state index < -0.39 is 0 Å². The Morgan fingerprint density at radius 3 is 2.46 bits per heavy atom. The van der Waals surface area contributed by atoms with Gasteiger partial charge in [-0.05, 0) is 60.5 Å². The van der Waals surface area contributed by atoms with Crippen LogP contribution < -0.4 is 15.4 Å². The minimum Gasteiger partial charge on any atom is -0.497 e. The van der Waals surface area contributed by atoms with Gasteiger partial charge in [0.1, 0.15) is 11.6 Å². The van der Waals surface area contributed by atoms with Gasteiger partial charge in [0.05, 0.1) is 13.2 Å². The van der Waals surface area contributed by atoms with E-state index in [1.54, 1.807) is 19.2 Å². The SMILES string of the molecule is COc1ccc(C(CC(C)C)NC(=S)Nc2cccc(F)c2)cc1. The maximum Gasteiger partial charge on any atom is 0.171 e. The van der Waals surface area contributed by atoms with Crippen molar-refractivity contribution in [2.75, 3.05) is 12.4 Å². The van der Waals surface area contributed by atoms with Crippen molar-refractivity contribution in [1.29, 1.82) is 0 Å². The lowest BCUT2D eigenvalue weighted by atomic mass is 9.97. The molecule has 1 atom stereocenters. The lowest BCUT2D eigenvalue weighted by Gasteiger charge is -2.23. The number of ether oxygens (including phenoxy) is 1. The maximum atomic E-state index is 13.3. The van der Waals surface area contributed by atoms with E-state index in [1.165, 1.54) is 12.1 Å². The van der Waals surface area contributed by atoms with Crippen molar-refractivity contribution >= 4 is 23.0 Å². The summed E-state index contributed by atoms with van der Waals surface area (Å²) in [7, 11) is 1.65. The highest BCUT2D eigenvalue weighted by Crippen LogP contribution is 2.24. The molecule has 2 rings (SSSR count). The summed E-state index contributed by atoms with van der Waals surface area (Å²) in [5, 5.41) is 6.84. The largest absolute Gasteiger partial charge is 0.497 e. The zero-order valence-corrected chi connectivity index (χ0v) is 15.0. The number of benzene rings is 2. The molecule has 0 spiro atoms. The molecule has 0 saturated carbocycles. The van der Waals surface area contributed by atoms with E-state index in [0.717, 1.165) is 17.7 Å². The first-order chi connectivity index (χ1) is 11.5. The van der Waals surface area contributed by atoms with Crippen LogP contribution in [0.3, 0.4) is 0 Å². The van der Waals surface area contributed by atoms with Crippen molar-refractivity contribution in [3.05, 3.63) is 59.9 Å². The molecule has 0 amide bonds. The number of rotatable bonds is 6. The number of nitrogens with one attached hydrogen (secondary N) is 2. The molecule has 0 aliphatic carbocycles. The van der Waals surface area contributed by atoms with Crippen molar-refractivity contribution in [1.82, 2.24) is 5.32 Å². The van der Waals surface area contributed by atoms with Gasteiger partial charge in [-0.15, -0.1) is 0 Å². The first-order valence-corrected chi connectivity index (χ1v) is 8.36. The van der Waals surface area contributed by atoms with Crippen molar-refractivity contribution in [2.45, 2.75) is 26.3 Å². The molecule has 0 radical (unpaired) electrons. The van der Waals surface area contributed by atoms with Gasteiger partial charge in [-0.3, -0.25) is 0 Å². The molecule has 0 aliphatic rings. The highest BCUT2D eigenvalue weighted by molar-refractivity contribution is 7.80. The summed E-state index contributed by atoms with van der Waals surface area (Å²) in [6, 6.07) is 14.3. The summed E-state index contributed by atoms with van der Waals surface area (Å²) in [5.41, 5.74) is 1.76. The number of halogens is 1. The molecule has 1 unspecified atom stereocenters. The van der Waals surface area contributed by atoms with Crippen molar-refractivity contribution < 1.29 is 9.13 Å². The van der Waals surface area contributed by atoms with Crippen LogP contribution >= 0.6 is 12.2 Å². The monoisotopic (exact) mass is 346 g/mol. The molecule has 0 aliphatic heterocycles. The second-order valence-corrected chi connectivity index (χ2v) is 6.47. The average molecular weight is 346 g/mol. The maximum absolute atomic E-state index is 13.3. The summed E-state index contributed by atoms with van der Waals surface area (Å²) in [6.07, 6.45) is 0.928. The average Bonchev–Trinajstić information content (AvgIpc) is 2.54. The summed E-state index contributed by atoms with van der Waals surface area (Å²) in [6.45, 7) is 4.34. The molecule has 0 saturated heterocycles. The molecule has 5 heteroatoms. The van der Waals surface area contributed by atoms with Gasteiger partial charge in [-0.1, -0.05) is 32.0 Å². The molecule has 0 bridgehead atoms. The summed E-state index contributed by atoms with van der Waals surface area (Å²) in [4.78, 5) is 0. The van der Waals surface area contributed by atoms with Gasteiger partial charge < -0.3 is 15.4 Å². The molecular formula is C19H23FN2OS. The first kappa shape index (κ1) is 18.2. The summed E-state index contributed by atoms with van der Waals surface area (Å²) in [5.74, 6) is 1.03. The molecule has 3 nitrogen and oxygen atoms in total. The molecule has 2 aromatic carbocycles. The molecule has 2 aromatic rings. The normalized spacial score (nSPS) is 11.9. The molecule has 0 fully saturated rings. The van der Waals surface area contributed by atoms with Gasteiger partial charge in [0.25, 0.3) is 0 Å². The Morgan fingerprint density at radius 2 is 1.88 bits per heavy atom. The topological polar surface area (TPSA) is 33.3 Å². The minimum absolute atomic E-state index is 0.0736. The first-order valence-electron chi connectivity index (χ1n) is 7.95. The second kappa shape index (κ2) is 8.64. The van der Waals surface area contributed by atoms with Gasteiger partial charge in [-0.25, -0.2) is 4.39 Å². The number of methoxy groups -OCH3 is 1. The smallest absolute Gasteiger partial charge is 0.171 e. The fourth-order valence-corrected chi connectivity index (χ4v) is 2.74. The van der Waals surface area contributed by atoms with Gasteiger partial charge in [0.15, 0.2) is 5.11 Å². The van der Waals surface area contributed by atoms with Crippen LogP contribution in [-0.4, -0.2) is 12.2 Å². The highest BCUT2D eigenvalue weighted by Gasteiger charge is 2.15. The zero-order chi connectivity index (χ0) is 17.5. The van der Waals surface area contributed by atoms with Crippen molar-refractivity contribution in [2.24, 2.45) is 5.92 Å². The van der Waals surface area contributed by atoms with E-state index in [2.05, 4.69) is 24.5 Å². The Bertz CT molecular complexity index is 673. The van der Waals surface area contributed by atoms with Crippen LogP contribution in [0.1, 0.15) is 31.9 Å². The molecule has 0 heterocycles. The van der Waals surface area contributed by atoms with E-state index in [1.807, 2.05) is 24.3 Å². The minimum atomic E-state index is -0.295. The standard InChI is InChI=1S/C19H23FN2OS/c1-13(2)11-18(14-7-9-17(23-3)10-8-14)22-19(24)21-16-6-4-5-15(20)12-16/h4-10,12-13,18H,11H2,1-3H3,(H2,21,22,24). The Hall–Kier alpha value is -2.14.